The number of nitrogens with zero attached hydrogens (tertiary/aromatic N) is 2. The maximum absolute atomic E-state index is 11.5. The Morgan fingerprint density at radius 2 is 2.05 bits per heavy atom. The van der Waals surface area contributed by atoms with Crippen molar-refractivity contribution in [2.24, 2.45) is 0 Å². The molecule has 1 aromatic rings. The minimum atomic E-state index is -0.432. The van der Waals surface area contributed by atoms with Crippen LogP contribution in [0.25, 0.3) is 0 Å². The van der Waals surface area contributed by atoms with Gasteiger partial charge in [-0.05, 0) is 18.6 Å². The minimum Gasteiger partial charge on any atom is -0.468 e. The molecule has 0 aromatic carbocycles. The van der Waals surface area contributed by atoms with Crippen LogP contribution in [0, 0.1) is 0 Å². The molecule has 1 aromatic heterocycles. The summed E-state index contributed by atoms with van der Waals surface area (Å²) in [5, 5.41) is 0. The second-order valence-electron chi connectivity index (χ2n) is 3.89. The molecule has 0 spiro atoms. The van der Waals surface area contributed by atoms with Gasteiger partial charge in [-0.3, -0.25) is 4.79 Å². The molecule has 6 heteroatoms. The zero-order chi connectivity index (χ0) is 14.3. The molecule has 0 saturated carbocycles. The summed E-state index contributed by atoms with van der Waals surface area (Å²) in [5.41, 5.74) is 0.401. The van der Waals surface area contributed by atoms with Crippen LogP contribution < -0.4 is 4.90 Å². The van der Waals surface area contributed by atoms with E-state index in [1.165, 1.54) is 20.4 Å². The second kappa shape index (κ2) is 7.35. The average molecular weight is 266 g/mol. The van der Waals surface area contributed by atoms with Crippen molar-refractivity contribution >= 4 is 17.8 Å². The summed E-state index contributed by atoms with van der Waals surface area (Å²) in [6, 6.07) is 3.17. The highest BCUT2D eigenvalue weighted by atomic mass is 16.5. The number of methoxy groups -OCH3 is 2. The standard InChI is InChI=1S/C13H18N2O4/c1-4-7-15(9-12(16)18-2)11-8-10(5-6-14-11)13(17)19-3/h5-6,8H,4,7,9H2,1-3H3. The molecular formula is C13H18N2O4. The van der Waals surface area contributed by atoms with E-state index in [0.717, 1.165) is 6.42 Å². The molecule has 0 aliphatic carbocycles. The molecule has 0 aliphatic heterocycles. The Kier molecular flexibility index (Phi) is 5.78. The third kappa shape index (κ3) is 4.24. The first-order valence-corrected chi connectivity index (χ1v) is 5.98. The molecule has 0 unspecified atom stereocenters. The highest BCUT2D eigenvalue weighted by Gasteiger charge is 2.14. The topological polar surface area (TPSA) is 68.7 Å². The number of pyridine rings is 1. The lowest BCUT2D eigenvalue weighted by molar-refractivity contribution is -0.138. The van der Waals surface area contributed by atoms with Crippen molar-refractivity contribution in [2.75, 3.05) is 32.2 Å². The first-order valence-electron chi connectivity index (χ1n) is 5.98. The van der Waals surface area contributed by atoms with Gasteiger partial charge in [0.25, 0.3) is 0 Å². The Morgan fingerprint density at radius 1 is 1.32 bits per heavy atom. The summed E-state index contributed by atoms with van der Waals surface area (Å²) in [6.45, 7) is 2.74. The van der Waals surface area contributed by atoms with Crippen LogP contribution in [0.1, 0.15) is 23.7 Å². The molecule has 1 heterocycles. The van der Waals surface area contributed by atoms with Crippen molar-refractivity contribution in [3.63, 3.8) is 0 Å². The van der Waals surface area contributed by atoms with Gasteiger partial charge in [0, 0.05) is 12.7 Å². The van der Waals surface area contributed by atoms with Crippen LogP contribution in [-0.4, -0.2) is 44.2 Å². The van der Waals surface area contributed by atoms with Gasteiger partial charge in [0.2, 0.25) is 0 Å². The number of aromatic nitrogens is 1. The maximum atomic E-state index is 11.5. The molecule has 0 radical (unpaired) electrons. The van der Waals surface area contributed by atoms with Gasteiger partial charge in [-0.1, -0.05) is 6.92 Å². The minimum absolute atomic E-state index is 0.0992. The van der Waals surface area contributed by atoms with Gasteiger partial charge < -0.3 is 14.4 Å². The fraction of sp³-hybridized carbons (Fsp3) is 0.462. The molecule has 0 bridgehead atoms. The molecule has 0 atom stereocenters. The SMILES string of the molecule is CCCN(CC(=O)OC)c1cc(C(=O)OC)ccn1. The molecule has 0 fully saturated rings. The molecule has 0 N–H and O–H groups in total. The summed E-state index contributed by atoms with van der Waals surface area (Å²) >= 11 is 0. The fourth-order valence-corrected chi connectivity index (χ4v) is 1.60. The third-order valence-corrected chi connectivity index (χ3v) is 2.53. The molecular weight excluding hydrogens is 248 g/mol. The van der Waals surface area contributed by atoms with Crippen LogP contribution in [0.4, 0.5) is 5.82 Å². The van der Waals surface area contributed by atoms with Crippen molar-refractivity contribution < 1.29 is 19.1 Å². The van der Waals surface area contributed by atoms with Gasteiger partial charge in [0.15, 0.2) is 0 Å². The number of hydrogen-bond donors (Lipinski definition) is 0. The first kappa shape index (κ1) is 14.9. The van der Waals surface area contributed by atoms with Crippen molar-refractivity contribution in [3.05, 3.63) is 23.9 Å². The predicted molar refractivity (Wildman–Crippen MR) is 70.1 cm³/mol. The number of hydrogen-bond acceptors (Lipinski definition) is 6. The Bertz CT molecular complexity index is 448. The lowest BCUT2D eigenvalue weighted by Gasteiger charge is -2.21. The Labute approximate surface area is 112 Å². The highest BCUT2D eigenvalue weighted by Crippen LogP contribution is 2.14. The number of rotatable bonds is 6. The molecule has 1 rings (SSSR count). The van der Waals surface area contributed by atoms with Crippen LogP contribution >= 0.6 is 0 Å². The van der Waals surface area contributed by atoms with Crippen molar-refractivity contribution in [2.45, 2.75) is 13.3 Å². The van der Waals surface area contributed by atoms with E-state index in [1.807, 2.05) is 6.92 Å². The Balaban J connectivity index is 2.95. The van der Waals surface area contributed by atoms with Crippen LogP contribution in [-0.2, 0) is 14.3 Å². The van der Waals surface area contributed by atoms with Gasteiger partial charge in [-0.2, -0.15) is 0 Å². The van der Waals surface area contributed by atoms with Crippen molar-refractivity contribution in [3.8, 4) is 0 Å². The summed E-state index contributed by atoms with van der Waals surface area (Å²) in [7, 11) is 2.66. The highest BCUT2D eigenvalue weighted by molar-refractivity contribution is 5.90. The van der Waals surface area contributed by atoms with E-state index < -0.39 is 5.97 Å². The average Bonchev–Trinajstić information content (AvgIpc) is 2.45. The number of carbonyl (C=O) groups is 2. The quantitative estimate of drug-likeness (QED) is 0.722. The van der Waals surface area contributed by atoms with E-state index in [0.29, 0.717) is 17.9 Å². The molecule has 0 aliphatic rings. The monoisotopic (exact) mass is 266 g/mol. The summed E-state index contributed by atoms with van der Waals surface area (Å²) in [5.74, 6) is -0.230. The van der Waals surface area contributed by atoms with Crippen LogP contribution in [0.5, 0.6) is 0 Å². The number of anilines is 1. The summed E-state index contributed by atoms with van der Waals surface area (Å²) < 4.78 is 9.30. The van der Waals surface area contributed by atoms with E-state index in [9.17, 15) is 9.59 Å². The maximum Gasteiger partial charge on any atom is 0.338 e. The normalized spacial score (nSPS) is 9.84. The van der Waals surface area contributed by atoms with Gasteiger partial charge in [-0.25, -0.2) is 9.78 Å². The fourth-order valence-electron chi connectivity index (χ4n) is 1.60. The van der Waals surface area contributed by atoms with E-state index in [1.54, 1.807) is 17.0 Å². The summed E-state index contributed by atoms with van der Waals surface area (Å²) in [4.78, 5) is 28.8. The second-order valence-corrected chi connectivity index (χ2v) is 3.89. The molecule has 104 valence electrons. The van der Waals surface area contributed by atoms with Gasteiger partial charge in [0.1, 0.15) is 12.4 Å². The molecule has 6 nitrogen and oxygen atoms in total. The molecule has 0 saturated heterocycles. The lowest BCUT2D eigenvalue weighted by Crippen LogP contribution is -2.32. The zero-order valence-corrected chi connectivity index (χ0v) is 11.4. The van der Waals surface area contributed by atoms with E-state index in [2.05, 4.69) is 14.5 Å². The molecule has 19 heavy (non-hydrogen) atoms. The smallest absolute Gasteiger partial charge is 0.338 e. The Hall–Kier alpha value is -2.11. The summed E-state index contributed by atoms with van der Waals surface area (Å²) in [6.07, 6.45) is 2.36. The number of esters is 2. The van der Waals surface area contributed by atoms with Gasteiger partial charge >= 0.3 is 11.9 Å². The lowest BCUT2D eigenvalue weighted by atomic mass is 10.2. The largest absolute Gasteiger partial charge is 0.468 e. The van der Waals surface area contributed by atoms with Crippen molar-refractivity contribution in [1.82, 2.24) is 4.98 Å². The Morgan fingerprint density at radius 3 is 2.63 bits per heavy atom. The zero-order valence-electron chi connectivity index (χ0n) is 11.4. The van der Waals surface area contributed by atoms with Gasteiger partial charge in [-0.15, -0.1) is 0 Å². The number of carbonyl (C=O) groups excluding carboxylic acids is 2. The van der Waals surface area contributed by atoms with Crippen LogP contribution in [0.2, 0.25) is 0 Å². The van der Waals surface area contributed by atoms with E-state index in [-0.39, 0.29) is 12.5 Å². The third-order valence-electron chi connectivity index (χ3n) is 2.53. The van der Waals surface area contributed by atoms with Crippen LogP contribution in [0.3, 0.4) is 0 Å². The predicted octanol–water partition coefficient (Wildman–Crippen LogP) is 1.26. The van der Waals surface area contributed by atoms with Gasteiger partial charge in [0.05, 0.1) is 19.8 Å². The molecule has 0 amide bonds. The number of ether oxygens (including phenoxy) is 2. The van der Waals surface area contributed by atoms with E-state index in [4.69, 9.17) is 0 Å². The first-order chi connectivity index (χ1) is 9.12. The van der Waals surface area contributed by atoms with E-state index >= 15 is 0 Å². The van der Waals surface area contributed by atoms with Crippen molar-refractivity contribution in [1.29, 1.82) is 0 Å². The van der Waals surface area contributed by atoms with Crippen LogP contribution in [0.15, 0.2) is 18.3 Å².